The Bertz CT molecular complexity index is 468. The quantitative estimate of drug-likeness (QED) is 0.350. The Labute approximate surface area is 136 Å². The van der Waals surface area contributed by atoms with Crippen LogP contribution in [0.2, 0.25) is 10.0 Å². The first-order valence-corrected chi connectivity index (χ1v) is 8.56. The molecule has 0 saturated carbocycles. The van der Waals surface area contributed by atoms with Crippen molar-refractivity contribution in [2.45, 2.75) is 13.2 Å². The summed E-state index contributed by atoms with van der Waals surface area (Å²) in [6.07, 6.45) is 0. The number of hydrogen-bond acceptors (Lipinski definition) is 4. The van der Waals surface area contributed by atoms with Crippen LogP contribution in [0.25, 0.3) is 0 Å². The zero-order valence-electron chi connectivity index (χ0n) is 10.4. The highest BCUT2D eigenvalue weighted by Crippen LogP contribution is 2.26. The minimum atomic E-state index is 0.513. The normalized spacial score (nSPS) is 10.7. The summed E-state index contributed by atoms with van der Waals surface area (Å²) in [7, 11) is 0. The second kappa shape index (κ2) is 8.82. The summed E-state index contributed by atoms with van der Waals surface area (Å²) in [5, 5.41) is 1.45. The van der Waals surface area contributed by atoms with Crippen LogP contribution in [0.4, 0.5) is 0 Å². The summed E-state index contributed by atoms with van der Waals surface area (Å²) in [5.41, 5.74) is 2.14. The number of hydrogen-bond donors (Lipinski definition) is 0. The molecule has 0 atom stereocenters. The van der Waals surface area contributed by atoms with E-state index in [0.29, 0.717) is 13.2 Å². The van der Waals surface area contributed by atoms with Gasteiger partial charge < -0.3 is 0 Å². The molecule has 0 heterocycles. The molecule has 2 aromatic rings. The minimum absolute atomic E-state index is 0.513. The Kier molecular flexibility index (Phi) is 7.07. The van der Waals surface area contributed by atoms with Gasteiger partial charge in [-0.05, 0) is 35.4 Å². The molecular formula is C14H12Cl2O2S2. The van der Waals surface area contributed by atoms with Gasteiger partial charge in [-0.3, -0.25) is 8.37 Å². The standard InChI is InChI=1S/C14H12Cl2O2S2/c15-13-5-1-11(2-6-13)9-17-19-20-18-10-12-3-7-14(16)8-4-12/h1-8H,9-10H2. The summed E-state index contributed by atoms with van der Waals surface area (Å²) in [4.78, 5) is 0. The van der Waals surface area contributed by atoms with E-state index in [2.05, 4.69) is 0 Å². The van der Waals surface area contributed by atoms with E-state index in [1.54, 1.807) is 0 Å². The first-order chi connectivity index (χ1) is 9.74. The maximum Gasteiger partial charge on any atom is 0.0928 e. The molecule has 0 aromatic heterocycles. The van der Waals surface area contributed by atoms with E-state index in [4.69, 9.17) is 31.6 Å². The van der Waals surface area contributed by atoms with Crippen LogP contribution >= 0.6 is 45.4 Å². The molecule has 20 heavy (non-hydrogen) atoms. The van der Waals surface area contributed by atoms with Gasteiger partial charge in [-0.2, -0.15) is 0 Å². The van der Waals surface area contributed by atoms with Gasteiger partial charge in [0.15, 0.2) is 0 Å². The lowest BCUT2D eigenvalue weighted by Gasteiger charge is -2.03. The smallest absolute Gasteiger partial charge is 0.0928 e. The van der Waals surface area contributed by atoms with Gasteiger partial charge in [0.05, 0.1) is 35.4 Å². The van der Waals surface area contributed by atoms with Gasteiger partial charge in [0.25, 0.3) is 0 Å². The zero-order chi connectivity index (χ0) is 14.2. The minimum Gasteiger partial charge on any atom is -0.299 e. The van der Waals surface area contributed by atoms with E-state index >= 15 is 0 Å². The fraction of sp³-hybridized carbons (Fsp3) is 0.143. The molecule has 0 spiro atoms. The third-order valence-corrected chi connectivity index (χ3v) is 4.13. The van der Waals surface area contributed by atoms with Crippen molar-refractivity contribution in [1.82, 2.24) is 0 Å². The molecule has 6 heteroatoms. The van der Waals surface area contributed by atoms with Crippen LogP contribution in [-0.2, 0) is 21.6 Å². The Morgan fingerprint density at radius 3 is 1.35 bits per heavy atom. The second-order valence-electron chi connectivity index (χ2n) is 3.91. The Morgan fingerprint density at radius 1 is 0.650 bits per heavy atom. The summed E-state index contributed by atoms with van der Waals surface area (Å²) in [5.74, 6) is 0. The molecule has 106 valence electrons. The predicted octanol–water partition coefficient (Wildman–Crippen LogP) is 5.94. The van der Waals surface area contributed by atoms with E-state index in [-0.39, 0.29) is 0 Å². The average Bonchev–Trinajstić information content (AvgIpc) is 2.46. The van der Waals surface area contributed by atoms with Crippen LogP contribution < -0.4 is 0 Å². The van der Waals surface area contributed by atoms with Crippen molar-refractivity contribution in [2.75, 3.05) is 0 Å². The van der Waals surface area contributed by atoms with Crippen LogP contribution in [-0.4, -0.2) is 0 Å². The topological polar surface area (TPSA) is 18.5 Å². The van der Waals surface area contributed by atoms with E-state index in [1.807, 2.05) is 48.5 Å². The number of halogens is 2. The zero-order valence-corrected chi connectivity index (χ0v) is 13.6. The van der Waals surface area contributed by atoms with E-state index < -0.39 is 0 Å². The van der Waals surface area contributed by atoms with Crippen LogP contribution in [0.3, 0.4) is 0 Å². The molecule has 2 nitrogen and oxygen atoms in total. The maximum absolute atomic E-state index is 5.80. The Morgan fingerprint density at radius 2 is 1.00 bits per heavy atom. The highest BCUT2D eigenvalue weighted by atomic mass is 35.5. The second-order valence-corrected chi connectivity index (χ2v) is 6.35. The third kappa shape index (κ3) is 5.95. The molecule has 0 fully saturated rings. The largest absolute Gasteiger partial charge is 0.299 e. The van der Waals surface area contributed by atoms with Crippen LogP contribution in [0.15, 0.2) is 48.5 Å². The lowest BCUT2D eigenvalue weighted by Crippen LogP contribution is -1.86. The van der Waals surface area contributed by atoms with Crippen molar-refractivity contribution in [2.24, 2.45) is 0 Å². The highest BCUT2D eigenvalue weighted by Gasteiger charge is 1.98. The van der Waals surface area contributed by atoms with Gasteiger partial charge in [-0.15, -0.1) is 0 Å². The Hall–Kier alpha value is -0.360. The summed E-state index contributed by atoms with van der Waals surface area (Å²) in [6, 6.07) is 15.1. The van der Waals surface area contributed by atoms with Gasteiger partial charge in [0.2, 0.25) is 0 Å². The van der Waals surface area contributed by atoms with Gasteiger partial charge in [-0.1, -0.05) is 47.5 Å². The predicted molar refractivity (Wildman–Crippen MR) is 87.7 cm³/mol. The average molecular weight is 347 g/mol. The van der Waals surface area contributed by atoms with Crippen molar-refractivity contribution in [3.8, 4) is 0 Å². The van der Waals surface area contributed by atoms with Crippen molar-refractivity contribution in [3.05, 3.63) is 69.7 Å². The summed E-state index contributed by atoms with van der Waals surface area (Å²) in [6.45, 7) is 1.03. The van der Waals surface area contributed by atoms with E-state index in [0.717, 1.165) is 21.2 Å². The van der Waals surface area contributed by atoms with Crippen molar-refractivity contribution < 1.29 is 8.37 Å². The van der Waals surface area contributed by atoms with E-state index in [9.17, 15) is 0 Å². The molecule has 2 rings (SSSR count). The SMILES string of the molecule is Clc1ccc(COSSOCc2ccc(Cl)cc2)cc1. The van der Waals surface area contributed by atoms with Gasteiger partial charge >= 0.3 is 0 Å². The molecule has 0 bridgehead atoms. The fourth-order valence-electron chi connectivity index (χ4n) is 1.38. The molecular weight excluding hydrogens is 335 g/mol. The fourth-order valence-corrected chi connectivity index (χ4v) is 2.61. The van der Waals surface area contributed by atoms with Crippen LogP contribution in [0, 0.1) is 0 Å². The van der Waals surface area contributed by atoms with Crippen molar-refractivity contribution >= 4 is 45.4 Å². The van der Waals surface area contributed by atoms with Gasteiger partial charge in [0, 0.05) is 10.0 Å². The monoisotopic (exact) mass is 346 g/mol. The first-order valence-electron chi connectivity index (χ1n) is 5.81. The molecule has 0 amide bonds. The maximum atomic E-state index is 5.80. The third-order valence-electron chi connectivity index (χ3n) is 2.40. The van der Waals surface area contributed by atoms with E-state index in [1.165, 1.54) is 22.1 Å². The first kappa shape index (κ1) is 16.0. The highest BCUT2D eigenvalue weighted by molar-refractivity contribution is 8.73. The molecule has 0 N–H and O–H groups in total. The number of benzene rings is 2. The molecule has 0 radical (unpaired) electrons. The number of rotatable bonds is 7. The lowest BCUT2D eigenvalue weighted by atomic mass is 10.2. The van der Waals surface area contributed by atoms with Gasteiger partial charge in [-0.25, -0.2) is 0 Å². The molecule has 0 aliphatic carbocycles. The summed E-state index contributed by atoms with van der Waals surface area (Å²) < 4.78 is 10.8. The van der Waals surface area contributed by atoms with Crippen LogP contribution in [0.1, 0.15) is 11.1 Å². The Balaban J connectivity index is 1.57. The van der Waals surface area contributed by atoms with Crippen molar-refractivity contribution in [1.29, 1.82) is 0 Å². The van der Waals surface area contributed by atoms with Crippen LogP contribution in [0.5, 0.6) is 0 Å². The summed E-state index contributed by atoms with van der Waals surface area (Å²) >= 11 is 14.0. The van der Waals surface area contributed by atoms with Crippen molar-refractivity contribution in [3.63, 3.8) is 0 Å². The lowest BCUT2D eigenvalue weighted by molar-refractivity contribution is 0.356. The molecule has 0 aliphatic heterocycles. The van der Waals surface area contributed by atoms with Gasteiger partial charge in [0.1, 0.15) is 0 Å². The molecule has 0 saturated heterocycles. The molecule has 0 unspecified atom stereocenters. The molecule has 2 aromatic carbocycles. The molecule has 0 aliphatic rings.